The third-order valence-electron chi connectivity index (χ3n) is 2.07. The summed E-state index contributed by atoms with van der Waals surface area (Å²) in [7, 11) is 1.32. The van der Waals surface area contributed by atoms with Crippen molar-refractivity contribution in [2.24, 2.45) is 0 Å². The van der Waals surface area contributed by atoms with Crippen LogP contribution in [-0.4, -0.2) is 19.0 Å². The van der Waals surface area contributed by atoms with Crippen LogP contribution in [0.2, 0.25) is 0 Å². The third-order valence-corrected chi connectivity index (χ3v) is 2.96. The number of methoxy groups -OCH3 is 1. The zero-order chi connectivity index (χ0) is 12.0. The lowest BCUT2D eigenvalue weighted by Crippen LogP contribution is -2.13. The lowest BCUT2D eigenvalue weighted by atomic mass is 10.2. The van der Waals surface area contributed by atoms with E-state index in [4.69, 9.17) is 0 Å². The summed E-state index contributed by atoms with van der Waals surface area (Å²) in [6.45, 7) is 2.03. The van der Waals surface area contributed by atoms with Gasteiger partial charge in [-0.15, -0.1) is 11.3 Å². The van der Waals surface area contributed by atoms with E-state index < -0.39 is 5.97 Å². The van der Waals surface area contributed by atoms with Gasteiger partial charge in [-0.25, -0.2) is 4.79 Å². The van der Waals surface area contributed by atoms with Crippen LogP contribution in [0.25, 0.3) is 0 Å². The Hall–Kier alpha value is -1.36. The van der Waals surface area contributed by atoms with Crippen LogP contribution in [0.5, 0.6) is 0 Å². The lowest BCUT2D eigenvalue weighted by molar-refractivity contribution is -0.116. The van der Waals surface area contributed by atoms with Gasteiger partial charge in [-0.3, -0.25) is 4.79 Å². The maximum Gasteiger partial charge on any atom is 0.350 e. The molecule has 1 aromatic rings. The zero-order valence-corrected chi connectivity index (χ0v) is 10.2. The van der Waals surface area contributed by atoms with E-state index >= 15 is 0 Å². The Bertz CT molecular complexity index is 373. The Balaban J connectivity index is 2.63. The minimum Gasteiger partial charge on any atom is -0.465 e. The maximum absolute atomic E-state index is 11.5. The second-order valence-electron chi connectivity index (χ2n) is 3.31. The molecule has 0 spiro atoms. The molecule has 0 atom stereocenters. The molecule has 16 heavy (non-hydrogen) atoms. The summed E-state index contributed by atoms with van der Waals surface area (Å²) in [5.74, 6) is -0.480. The third kappa shape index (κ3) is 3.34. The van der Waals surface area contributed by atoms with E-state index in [0.717, 1.165) is 12.8 Å². The van der Waals surface area contributed by atoms with E-state index in [1.807, 2.05) is 6.92 Å². The maximum atomic E-state index is 11.5. The topological polar surface area (TPSA) is 55.4 Å². The fraction of sp³-hybridized carbons (Fsp3) is 0.455. The fourth-order valence-corrected chi connectivity index (χ4v) is 1.97. The summed E-state index contributed by atoms with van der Waals surface area (Å²) in [5, 5.41) is 4.46. The molecule has 0 aliphatic rings. The largest absolute Gasteiger partial charge is 0.465 e. The number of amides is 1. The summed E-state index contributed by atoms with van der Waals surface area (Å²) in [4.78, 5) is 23.2. The molecular formula is C11H15NO3S. The molecule has 1 amide bonds. The molecule has 1 N–H and O–H groups in total. The van der Waals surface area contributed by atoms with Crippen molar-refractivity contribution in [3.8, 4) is 0 Å². The predicted molar refractivity (Wildman–Crippen MR) is 63.8 cm³/mol. The summed E-state index contributed by atoms with van der Waals surface area (Å²) < 4.78 is 4.62. The Kier molecular flexibility index (Phi) is 4.98. The average Bonchev–Trinajstić information content (AvgIpc) is 2.73. The first-order chi connectivity index (χ1) is 7.69. The van der Waals surface area contributed by atoms with Gasteiger partial charge in [0, 0.05) is 6.42 Å². The molecule has 0 saturated heterocycles. The van der Waals surface area contributed by atoms with Crippen LogP contribution in [0.3, 0.4) is 0 Å². The van der Waals surface area contributed by atoms with E-state index in [1.54, 1.807) is 11.4 Å². The normalized spacial score (nSPS) is 9.88. The number of anilines is 1. The van der Waals surface area contributed by atoms with E-state index in [2.05, 4.69) is 10.1 Å². The highest BCUT2D eigenvalue weighted by molar-refractivity contribution is 7.12. The second kappa shape index (κ2) is 6.27. The van der Waals surface area contributed by atoms with Gasteiger partial charge in [-0.2, -0.15) is 0 Å². The molecular weight excluding hydrogens is 226 g/mol. The predicted octanol–water partition coefficient (Wildman–Crippen LogP) is 2.66. The van der Waals surface area contributed by atoms with Crippen LogP contribution in [0, 0.1) is 0 Å². The summed E-state index contributed by atoms with van der Waals surface area (Å²) in [6.07, 6.45) is 2.30. The van der Waals surface area contributed by atoms with Crippen molar-refractivity contribution in [1.82, 2.24) is 0 Å². The van der Waals surface area contributed by atoms with Crippen molar-refractivity contribution < 1.29 is 14.3 Å². The van der Waals surface area contributed by atoms with Crippen LogP contribution < -0.4 is 5.32 Å². The molecule has 0 aromatic carbocycles. The molecule has 1 aromatic heterocycles. The van der Waals surface area contributed by atoms with Gasteiger partial charge in [0.25, 0.3) is 0 Å². The molecule has 0 fully saturated rings. The number of carbonyl (C=O) groups excluding carboxylic acids is 2. The number of carbonyl (C=O) groups is 2. The van der Waals surface area contributed by atoms with Crippen molar-refractivity contribution in [2.75, 3.05) is 12.4 Å². The summed E-state index contributed by atoms with van der Waals surface area (Å²) >= 11 is 1.26. The Morgan fingerprint density at radius 3 is 2.88 bits per heavy atom. The minimum atomic E-state index is -0.416. The molecule has 0 bridgehead atoms. The molecule has 0 unspecified atom stereocenters. The van der Waals surface area contributed by atoms with Crippen molar-refractivity contribution >= 4 is 28.9 Å². The molecule has 0 aliphatic carbocycles. The van der Waals surface area contributed by atoms with Crippen LogP contribution in [0.4, 0.5) is 5.69 Å². The summed E-state index contributed by atoms with van der Waals surface area (Å²) in [5.41, 5.74) is 0.540. The quantitative estimate of drug-likeness (QED) is 0.806. The summed E-state index contributed by atoms with van der Waals surface area (Å²) in [6, 6.07) is 1.71. The van der Waals surface area contributed by atoms with Crippen molar-refractivity contribution in [3.05, 3.63) is 16.3 Å². The highest BCUT2D eigenvalue weighted by Gasteiger charge is 2.14. The lowest BCUT2D eigenvalue weighted by Gasteiger charge is -2.04. The van der Waals surface area contributed by atoms with Gasteiger partial charge >= 0.3 is 5.97 Å². The van der Waals surface area contributed by atoms with Crippen molar-refractivity contribution in [2.45, 2.75) is 26.2 Å². The molecule has 88 valence electrons. The van der Waals surface area contributed by atoms with Crippen LogP contribution in [0.15, 0.2) is 11.4 Å². The van der Waals surface area contributed by atoms with Crippen LogP contribution >= 0.6 is 11.3 Å². The number of hydrogen-bond acceptors (Lipinski definition) is 4. The number of esters is 1. The van der Waals surface area contributed by atoms with Crippen LogP contribution in [0.1, 0.15) is 35.9 Å². The van der Waals surface area contributed by atoms with Gasteiger partial charge in [0.2, 0.25) is 5.91 Å². The van der Waals surface area contributed by atoms with Gasteiger partial charge < -0.3 is 10.1 Å². The van der Waals surface area contributed by atoms with Crippen LogP contribution in [-0.2, 0) is 9.53 Å². The van der Waals surface area contributed by atoms with Crippen molar-refractivity contribution in [3.63, 3.8) is 0 Å². The van der Waals surface area contributed by atoms with Crippen molar-refractivity contribution in [1.29, 1.82) is 0 Å². The Morgan fingerprint density at radius 2 is 2.25 bits per heavy atom. The molecule has 0 radical (unpaired) electrons. The first-order valence-electron chi connectivity index (χ1n) is 5.14. The fourth-order valence-electron chi connectivity index (χ4n) is 1.21. The van der Waals surface area contributed by atoms with Gasteiger partial charge in [0.15, 0.2) is 0 Å². The number of thiophene rings is 1. The molecule has 1 heterocycles. The van der Waals surface area contributed by atoms with Gasteiger partial charge in [0.05, 0.1) is 12.8 Å². The molecule has 0 saturated carbocycles. The SMILES string of the molecule is CCCCC(=O)Nc1ccsc1C(=O)OC. The Labute approximate surface area is 98.6 Å². The number of unbranched alkanes of at least 4 members (excludes halogenated alkanes) is 1. The molecule has 4 nitrogen and oxygen atoms in total. The second-order valence-corrected chi connectivity index (χ2v) is 4.22. The van der Waals surface area contributed by atoms with E-state index in [-0.39, 0.29) is 5.91 Å². The van der Waals surface area contributed by atoms with E-state index in [9.17, 15) is 9.59 Å². The van der Waals surface area contributed by atoms with Gasteiger partial charge in [0.1, 0.15) is 4.88 Å². The first kappa shape index (κ1) is 12.7. The zero-order valence-electron chi connectivity index (χ0n) is 9.41. The number of nitrogens with one attached hydrogen (secondary N) is 1. The number of ether oxygens (including phenoxy) is 1. The van der Waals surface area contributed by atoms with E-state index in [1.165, 1.54) is 18.4 Å². The highest BCUT2D eigenvalue weighted by Crippen LogP contribution is 2.23. The van der Waals surface area contributed by atoms with E-state index in [0.29, 0.717) is 17.0 Å². The Morgan fingerprint density at radius 1 is 1.50 bits per heavy atom. The molecule has 0 aliphatic heterocycles. The smallest absolute Gasteiger partial charge is 0.350 e. The first-order valence-corrected chi connectivity index (χ1v) is 6.02. The monoisotopic (exact) mass is 241 g/mol. The molecule has 1 rings (SSSR count). The molecule has 5 heteroatoms. The number of rotatable bonds is 5. The highest BCUT2D eigenvalue weighted by atomic mass is 32.1. The average molecular weight is 241 g/mol. The van der Waals surface area contributed by atoms with Gasteiger partial charge in [-0.05, 0) is 17.9 Å². The van der Waals surface area contributed by atoms with Gasteiger partial charge in [-0.1, -0.05) is 13.3 Å². The number of hydrogen-bond donors (Lipinski definition) is 1. The minimum absolute atomic E-state index is 0.0644. The standard InChI is InChI=1S/C11H15NO3S/c1-3-4-5-9(13)12-8-6-7-16-10(8)11(14)15-2/h6-7H,3-5H2,1-2H3,(H,12,13).